The molecule has 2 heterocycles. The van der Waals surface area contributed by atoms with E-state index in [1.807, 2.05) is 38.2 Å². The Morgan fingerprint density at radius 2 is 1.87 bits per heavy atom. The molecule has 4 nitrogen and oxygen atoms in total. The summed E-state index contributed by atoms with van der Waals surface area (Å²) in [6.07, 6.45) is 0. The van der Waals surface area contributed by atoms with E-state index in [0.29, 0.717) is 5.57 Å². The first kappa shape index (κ1) is 17.6. The van der Waals surface area contributed by atoms with Crippen molar-refractivity contribution in [1.29, 1.82) is 5.26 Å². The molecule has 6 heteroatoms. The molecule has 0 saturated carbocycles. The lowest BCUT2D eigenvalue weighted by molar-refractivity contribution is 0.584. The van der Waals surface area contributed by atoms with E-state index in [9.17, 15) is 5.26 Å². The third-order valence-electron chi connectivity index (χ3n) is 3.32. The van der Waals surface area contributed by atoms with Crippen molar-refractivity contribution in [3.05, 3.63) is 31.7 Å². The van der Waals surface area contributed by atoms with Gasteiger partial charge in [0.2, 0.25) is 0 Å². The number of allylic oxidation sites excluding steroid dienone is 1. The summed E-state index contributed by atoms with van der Waals surface area (Å²) in [7, 11) is 3.91. The van der Waals surface area contributed by atoms with Crippen molar-refractivity contribution >= 4 is 33.9 Å². The zero-order chi connectivity index (χ0) is 17.4. The maximum atomic E-state index is 9.78. The van der Waals surface area contributed by atoms with Gasteiger partial charge in [0.1, 0.15) is 11.6 Å². The maximum absolute atomic E-state index is 9.78. The molecule has 2 aromatic heterocycles. The molecule has 0 bridgehead atoms. The van der Waals surface area contributed by atoms with Crippen LogP contribution in [0.4, 0.5) is 0 Å². The Hall–Kier alpha value is -1.71. The van der Waals surface area contributed by atoms with Crippen LogP contribution in [-0.2, 0) is 5.41 Å². The van der Waals surface area contributed by atoms with E-state index >= 15 is 0 Å². The summed E-state index contributed by atoms with van der Waals surface area (Å²) in [6.45, 7) is 10.4. The molecule has 0 saturated heterocycles. The molecular weight excluding hydrogens is 324 g/mol. The van der Waals surface area contributed by atoms with Gasteiger partial charge in [-0.1, -0.05) is 20.8 Å². The van der Waals surface area contributed by atoms with Crippen LogP contribution in [0.1, 0.15) is 47.1 Å². The van der Waals surface area contributed by atoms with Crippen LogP contribution in [0.25, 0.3) is 11.3 Å². The molecule has 0 aliphatic heterocycles. The van der Waals surface area contributed by atoms with Crippen LogP contribution in [0.3, 0.4) is 0 Å². The van der Waals surface area contributed by atoms with Gasteiger partial charge < -0.3 is 4.90 Å². The van der Waals surface area contributed by atoms with Gasteiger partial charge in [0.05, 0.1) is 32.0 Å². The van der Waals surface area contributed by atoms with Crippen molar-refractivity contribution in [3.8, 4) is 6.07 Å². The number of aryl methyl sites for hydroxylation is 2. The zero-order valence-electron chi connectivity index (χ0n) is 14.7. The molecule has 0 fully saturated rings. The maximum Gasteiger partial charge on any atom is 0.104 e. The fourth-order valence-corrected chi connectivity index (χ4v) is 4.21. The van der Waals surface area contributed by atoms with E-state index in [2.05, 4.69) is 31.8 Å². The van der Waals surface area contributed by atoms with E-state index in [4.69, 9.17) is 4.98 Å². The van der Waals surface area contributed by atoms with Crippen LogP contribution < -0.4 is 0 Å². The van der Waals surface area contributed by atoms with Gasteiger partial charge in [-0.15, -0.1) is 22.7 Å². The van der Waals surface area contributed by atoms with Crippen molar-refractivity contribution in [3.63, 3.8) is 0 Å². The Balaban J connectivity index is 2.66. The Kier molecular flexibility index (Phi) is 4.92. The number of hydrogen-bond acceptors (Lipinski definition) is 6. The molecule has 0 aliphatic rings. The van der Waals surface area contributed by atoms with Gasteiger partial charge in [-0.2, -0.15) is 5.26 Å². The smallest absolute Gasteiger partial charge is 0.104 e. The number of hydrogen-bond donors (Lipinski definition) is 0. The lowest BCUT2D eigenvalue weighted by atomic mass is 9.98. The Morgan fingerprint density at radius 3 is 2.26 bits per heavy atom. The Labute approximate surface area is 146 Å². The number of aromatic nitrogens is 2. The molecular formula is C17H22N4S2. The van der Waals surface area contributed by atoms with Gasteiger partial charge >= 0.3 is 0 Å². The first-order valence-electron chi connectivity index (χ1n) is 7.37. The first-order valence-corrected chi connectivity index (χ1v) is 9.07. The topological polar surface area (TPSA) is 52.8 Å². The lowest BCUT2D eigenvalue weighted by Gasteiger charge is -2.18. The van der Waals surface area contributed by atoms with Gasteiger partial charge in [-0.3, -0.25) is 0 Å². The summed E-state index contributed by atoms with van der Waals surface area (Å²) >= 11 is 3.22. The SMILES string of the molecule is Cc1nc(C)c(C(=C(C#N)c2csc(C(C)(C)C)n2)N(C)C)s1. The second-order valence-corrected chi connectivity index (χ2v) is 8.73. The van der Waals surface area contributed by atoms with Crippen LogP contribution in [0.5, 0.6) is 0 Å². The predicted octanol–water partition coefficient (Wildman–Crippen LogP) is 4.47. The van der Waals surface area contributed by atoms with Gasteiger partial charge in [-0.05, 0) is 13.8 Å². The van der Waals surface area contributed by atoms with Gasteiger partial charge in [0, 0.05) is 24.9 Å². The quantitative estimate of drug-likeness (QED) is 0.770. The number of nitrogens with zero attached hydrogens (tertiary/aromatic N) is 4. The van der Waals surface area contributed by atoms with Gasteiger partial charge in [0.15, 0.2) is 0 Å². The number of nitriles is 1. The van der Waals surface area contributed by atoms with E-state index in [0.717, 1.165) is 32.0 Å². The lowest BCUT2D eigenvalue weighted by Crippen LogP contribution is -2.13. The Morgan fingerprint density at radius 1 is 1.22 bits per heavy atom. The van der Waals surface area contributed by atoms with Crippen molar-refractivity contribution in [1.82, 2.24) is 14.9 Å². The summed E-state index contributed by atoms with van der Waals surface area (Å²) in [4.78, 5) is 12.2. The first-order chi connectivity index (χ1) is 10.6. The average Bonchev–Trinajstić information content (AvgIpc) is 3.02. The van der Waals surface area contributed by atoms with Crippen LogP contribution in [0.15, 0.2) is 5.38 Å². The van der Waals surface area contributed by atoms with Crippen LogP contribution in [0.2, 0.25) is 0 Å². The van der Waals surface area contributed by atoms with Crippen LogP contribution in [-0.4, -0.2) is 29.0 Å². The highest BCUT2D eigenvalue weighted by atomic mass is 32.1. The van der Waals surface area contributed by atoms with Gasteiger partial charge in [-0.25, -0.2) is 9.97 Å². The molecule has 2 aromatic rings. The second-order valence-electron chi connectivity index (χ2n) is 6.67. The summed E-state index contributed by atoms with van der Waals surface area (Å²) in [5.41, 5.74) is 3.18. The number of rotatable bonds is 3. The highest BCUT2D eigenvalue weighted by Gasteiger charge is 2.23. The Bertz CT molecular complexity index is 782. The third kappa shape index (κ3) is 3.62. The minimum Gasteiger partial charge on any atom is -0.375 e. The molecule has 0 atom stereocenters. The molecule has 122 valence electrons. The molecule has 0 radical (unpaired) electrons. The third-order valence-corrected chi connectivity index (χ3v) is 5.66. The summed E-state index contributed by atoms with van der Waals surface area (Å²) in [5, 5.41) is 13.8. The minimum absolute atomic E-state index is 0.0151. The van der Waals surface area contributed by atoms with Crippen molar-refractivity contribution in [2.24, 2.45) is 0 Å². The summed E-state index contributed by atoms with van der Waals surface area (Å²) in [6, 6.07) is 2.36. The van der Waals surface area contributed by atoms with Gasteiger partial charge in [0.25, 0.3) is 0 Å². The molecule has 23 heavy (non-hydrogen) atoms. The summed E-state index contributed by atoms with van der Waals surface area (Å²) in [5.74, 6) is 0. The molecule has 0 N–H and O–H groups in total. The second kappa shape index (κ2) is 6.42. The molecule has 2 rings (SSSR count). The average molecular weight is 347 g/mol. The molecule has 0 spiro atoms. The highest BCUT2D eigenvalue weighted by Crippen LogP contribution is 2.35. The van der Waals surface area contributed by atoms with Crippen LogP contribution >= 0.6 is 22.7 Å². The monoisotopic (exact) mass is 346 g/mol. The van der Waals surface area contributed by atoms with Crippen molar-refractivity contribution < 1.29 is 0 Å². The van der Waals surface area contributed by atoms with E-state index in [1.54, 1.807) is 22.7 Å². The number of thiazole rings is 2. The largest absolute Gasteiger partial charge is 0.375 e. The van der Waals surface area contributed by atoms with Crippen molar-refractivity contribution in [2.75, 3.05) is 14.1 Å². The van der Waals surface area contributed by atoms with E-state index < -0.39 is 0 Å². The molecule has 0 aliphatic carbocycles. The predicted molar refractivity (Wildman–Crippen MR) is 98.5 cm³/mol. The highest BCUT2D eigenvalue weighted by molar-refractivity contribution is 7.13. The van der Waals surface area contributed by atoms with E-state index in [-0.39, 0.29) is 5.41 Å². The molecule has 0 amide bonds. The standard InChI is InChI=1S/C17H22N4S2/c1-10-15(23-11(2)19-10)14(21(6)7)12(8-18)13-9-22-16(20-13)17(3,4)5/h9H,1-7H3. The van der Waals surface area contributed by atoms with Crippen molar-refractivity contribution in [2.45, 2.75) is 40.0 Å². The molecule has 0 aromatic carbocycles. The normalized spacial score (nSPS) is 12.8. The van der Waals surface area contributed by atoms with E-state index in [1.165, 1.54) is 0 Å². The minimum atomic E-state index is -0.0151. The van der Waals surface area contributed by atoms with Crippen LogP contribution in [0, 0.1) is 25.2 Å². The molecule has 0 unspecified atom stereocenters. The fraction of sp³-hybridized carbons (Fsp3) is 0.471. The zero-order valence-corrected chi connectivity index (χ0v) is 16.3. The summed E-state index contributed by atoms with van der Waals surface area (Å²) < 4.78 is 0. The fourth-order valence-electron chi connectivity index (χ4n) is 2.26.